The molecule has 12 heteroatoms. The van der Waals surface area contributed by atoms with Gasteiger partial charge in [-0.05, 0) is 36.4 Å². The van der Waals surface area contributed by atoms with Gasteiger partial charge in [-0.25, -0.2) is 28.1 Å². The molecule has 0 spiro atoms. The summed E-state index contributed by atoms with van der Waals surface area (Å²) in [5.41, 5.74) is 5.31. The average Bonchev–Trinajstić information content (AvgIpc) is 3.89. The van der Waals surface area contributed by atoms with Gasteiger partial charge >= 0.3 is 0 Å². The van der Waals surface area contributed by atoms with Gasteiger partial charge in [-0.2, -0.15) is 10.2 Å². The first-order valence-electron chi connectivity index (χ1n) is 13.8. The number of rotatable bonds is 6. The summed E-state index contributed by atoms with van der Waals surface area (Å²) in [6.45, 7) is 0. The maximum Gasteiger partial charge on any atom is 0.211 e. The van der Waals surface area contributed by atoms with Crippen LogP contribution in [0.2, 0.25) is 0 Å². The third kappa shape index (κ3) is 5.74. The van der Waals surface area contributed by atoms with E-state index in [4.69, 9.17) is 0 Å². The minimum absolute atomic E-state index is 0.299. The van der Waals surface area contributed by atoms with Crippen LogP contribution in [0.3, 0.4) is 0 Å². The predicted octanol–water partition coefficient (Wildman–Crippen LogP) is 8.20. The van der Waals surface area contributed by atoms with Gasteiger partial charge < -0.3 is 0 Å². The molecule has 0 radical (unpaired) electrons. The number of nitrogens with zero attached hydrogens (tertiary/aromatic N) is 6. The van der Waals surface area contributed by atoms with Crippen LogP contribution in [0.5, 0.6) is 0 Å². The second-order valence-electron chi connectivity index (χ2n) is 9.94. The highest BCUT2D eigenvalue weighted by atomic mass is 32.1. The highest BCUT2D eigenvalue weighted by Crippen LogP contribution is 2.29. The highest BCUT2D eigenvalue weighted by Gasteiger charge is 2.16. The first-order chi connectivity index (χ1) is 22.5. The van der Waals surface area contributed by atoms with Gasteiger partial charge in [-0.3, -0.25) is 9.59 Å². The first-order valence-corrected chi connectivity index (χ1v) is 15.5. The average molecular weight is 647 g/mol. The number of hydrogen-bond donors (Lipinski definition) is 0. The van der Waals surface area contributed by atoms with Gasteiger partial charge in [0.15, 0.2) is 12.6 Å². The zero-order chi connectivity index (χ0) is 31.6. The summed E-state index contributed by atoms with van der Waals surface area (Å²) in [6.07, 6.45) is 4.84. The molecule has 0 fully saturated rings. The molecule has 4 heterocycles. The predicted molar refractivity (Wildman–Crippen MR) is 175 cm³/mol. The van der Waals surface area contributed by atoms with Gasteiger partial charge in [0.05, 0.1) is 31.6 Å². The fourth-order valence-corrected chi connectivity index (χ4v) is 6.59. The van der Waals surface area contributed by atoms with Crippen LogP contribution >= 0.6 is 22.7 Å². The highest BCUT2D eigenvalue weighted by molar-refractivity contribution is 7.21. The number of benzene rings is 4. The summed E-state index contributed by atoms with van der Waals surface area (Å²) in [6, 6.07) is 27.9. The zero-order valence-corrected chi connectivity index (χ0v) is 25.3. The van der Waals surface area contributed by atoms with Crippen molar-refractivity contribution >= 4 is 55.7 Å². The molecule has 4 aromatic heterocycles. The largest absolute Gasteiger partial charge is 0.298 e. The topological polar surface area (TPSA) is 95.6 Å². The second-order valence-corrected chi connectivity index (χ2v) is 12.0. The summed E-state index contributed by atoms with van der Waals surface area (Å²) in [7, 11) is 0. The van der Waals surface area contributed by atoms with Crippen molar-refractivity contribution in [3.8, 4) is 32.8 Å². The van der Waals surface area contributed by atoms with Crippen molar-refractivity contribution in [3.05, 3.63) is 132 Å². The minimum Gasteiger partial charge on any atom is -0.298 e. The Bertz CT molecular complexity index is 2180. The number of halogens is 2. The van der Waals surface area contributed by atoms with Crippen LogP contribution in [0, 0.1) is 11.6 Å². The summed E-state index contributed by atoms with van der Waals surface area (Å²) in [5, 5.41) is 10.1. The van der Waals surface area contributed by atoms with Crippen LogP contribution in [-0.4, -0.2) is 42.1 Å². The summed E-state index contributed by atoms with van der Waals surface area (Å²) in [4.78, 5) is 31.6. The maximum absolute atomic E-state index is 13.3. The van der Waals surface area contributed by atoms with Gasteiger partial charge in [-0.15, -0.1) is 0 Å². The maximum atomic E-state index is 13.3. The molecule has 0 saturated carbocycles. The Morgan fingerprint density at radius 1 is 0.565 bits per heavy atom. The smallest absolute Gasteiger partial charge is 0.211 e. The standard InChI is InChI=1S/2C17H10FN3OS/c2*18-13-6-7-14-15(8-13)23-17(19-14)21-9-12(10-22)16(20-21)11-4-2-1-3-5-11/h2*1-10H. The van der Waals surface area contributed by atoms with Gasteiger partial charge in [0.2, 0.25) is 10.3 Å². The number of fused-ring (bicyclic) bond motifs is 2. The Morgan fingerprint density at radius 2 is 0.978 bits per heavy atom. The van der Waals surface area contributed by atoms with Gasteiger partial charge in [0.1, 0.15) is 23.0 Å². The molecule has 0 atom stereocenters. The molecular formula is C34H20F2N6O2S2. The molecule has 8 nitrogen and oxygen atoms in total. The number of carbonyl (C=O) groups is 2. The molecule has 0 aliphatic heterocycles. The first kappa shape index (κ1) is 29.0. The van der Waals surface area contributed by atoms with Crippen molar-refractivity contribution in [2.45, 2.75) is 0 Å². The van der Waals surface area contributed by atoms with Crippen molar-refractivity contribution < 1.29 is 18.4 Å². The van der Waals surface area contributed by atoms with E-state index in [1.165, 1.54) is 46.9 Å². The monoisotopic (exact) mass is 646 g/mol. The number of carbonyl (C=O) groups excluding carboxylic acids is 2. The third-order valence-corrected chi connectivity index (χ3v) is 8.92. The van der Waals surface area contributed by atoms with Crippen LogP contribution in [0.15, 0.2) is 109 Å². The van der Waals surface area contributed by atoms with E-state index in [1.807, 2.05) is 60.7 Å². The van der Waals surface area contributed by atoms with Gasteiger partial charge in [0.25, 0.3) is 0 Å². The fraction of sp³-hybridized carbons (Fsp3) is 0. The van der Waals surface area contributed by atoms with E-state index in [0.29, 0.717) is 43.8 Å². The quantitative estimate of drug-likeness (QED) is 0.169. The van der Waals surface area contributed by atoms with E-state index in [2.05, 4.69) is 20.2 Å². The molecular weight excluding hydrogens is 627 g/mol. The second kappa shape index (κ2) is 12.3. The van der Waals surface area contributed by atoms with Crippen LogP contribution in [0.1, 0.15) is 20.7 Å². The van der Waals surface area contributed by atoms with Crippen molar-refractivity contribution in [1.29, 1.82) is 0 Å². The molecule has 0 aliphatic carbocycles. The molecule has 0 saturated heterocycles. The van der Waals surface area contributed by atoms with Crippen molar-refractivity contribution in [3.63, 3.8) is 0 Å². The Kier molecular flexibility index (Phi) is 7.79. The van der Waals surface area contributed by atoms with E-state index in [9.17, 15) is 18.4 Å². The lowest BCUT2D eigenvalue weighted by Gasteiger charge is -1.96. The fourth-order valence-electron chi connectivity index (χ4n) is 4.75. The zero-order valence-electron chi connectivity index (χ0n) is 23.6. The summed E-state index contributed by atoms with van der Waals surface area (Å²) in [5.74, 6) is -0.599. The Balaban J connectivity index is 0.000000147. The molecule has 8 aromatic rings. The van der Waals surface area contributed by atoms with Crippen LogP contribution in [0.4, 0.5) is 8.78 Å². The normalized spacial score (nSPS) is 11.0. The molecule has 0 N–H and O–H groups in total. The van der Waals surface area contributed by atoms with Gasteiger partial charge in [-0.1, -0.05) is 83.3 Å². The van der Waals surface area contributed by atoms with E-state index < -0.39 is 0 Å². The van der Waals surface area contributed by atoms with Crippen molar-refractivity contribution in [2.24, 2.45) is 0 Å². The number of hydrogen-bond acceptors (Lipinski definition) is 8. The van der Waals surface area contributed by atoms with Crippen molar-refractivity contribution in [1.82, 2.24) is 29.5 Å². The minimum atomic E-state index is -0.299. The molecule has 0 unspecified atom stereocenters. The third-order valence-electron chi connectivity index (χ3n) is 6.90. The molecule has 8 rings (SSSR count). The number of aromatic nitrogens is 6. The summed E-state index contributed by atoms with van der Waals surface area (Å²) >= 11 is 2.65. The van der Waals surface area contributed by atoms with E-state index in [-0.39, 0.29) is 11.6 Å². The van der Waals surface area contributed by atoms with Crippen molar-refractivity contribution in [2.75, 3.05) is 0 Å². The molecule has 4 aromatic carbocycles. The van der Waals surface area contributed by atoms with Crippen LogP contribution in [-0.2, 0) is 0 Å². The van der Waals surface area contributed by atoms with E-state index >= 15 is 0 Å². The molecule has 0 bridgehead atoms. The Labute approximate surface area is 267 Å². The molecule has 224 valence electrons. The van der Waals surface area contributed by atoms with Gasteiger partial charge in [0, 0.05) is 23.5 Å². The molecule has 46 heavy (non-hydrogen) atoms. The Morgan fingerprint density at radius 3 is 1.37 bits per heavy atom. The van der Waals surface area contributed by atoms with Crippen LogP contribution < -0.4 is 0 Å². The SMILES string of the molecule is O=Cc1cn(-c2nc3ccc(F)cc3s2)nc1-c1ccccc1.O=Cc1cn(-c2nc3ccc(F)cc3s2)nc1-c1ccccc1. The molecule has 0 amide bonds. The molecule has 0 aliphatic rings. The van der Waals surface area contributed by atoms with Crippen LogP contribution in [0.25, 0.3) is 53.2 Å². The van der Waals surface area contributed by atoms with E-state index in [1.54, 1.807) is 33.9 Å². The lowest BCUT2D eigenvalue weighted by atomic mass is 10.1. The van der Waals surface area contributed by atoms with E-state index in [0.717, 1.165) is 33.1 Å². The summed E-state index contributed by atoms with van der Waals surface area (Å²) < 4.78 is 31.2. The Hall–Kier alpha value is -5.72. The lowest BCUT2D eigenvalue weighted by Crippen LogP contribution is -1.93. The lowest BCUT2D eigenvalue weighted by molar-refractivity contribution is 0.111. The number of aldehydes is 2. The number of thiazole rings is 2.